The van der Waals surface area contributed by atoms with E-state index in [4.69, 9.17) is 9.47 Å². The minimum Gasteiger partial charge on any atom is -0.490 e. The monoisotopic (exact) mass is 265 g/mol. The fourth-order valence-electron chi connectivity index (χ4n) is 1.91. The van der Waals surface area contributed by atoms with Crippen LogP contribution in [-0.4, -0.2) is 25.8 Å². The molecule has 0 fully saturated rings. The number of hydrogen-bond donors (Lipinski definition) is 1. The highest BCUT2D eigenvalue weighted by Crippen LogP contribution is 2.26. The van der Waals surface area contributed by atoms with Gasteiger partial charge < -0.3 is 14.8 Å². The first kappa shape index (κ1) is 15.8. The number of rotatable bonds is 10. The van der Waals surface area contributed by atoms with Crippen LogP contribution in [0.5, 0.6) is 11.5 Å². The van der Waals surface area contributed by atoms with Gasteiger partial charge in [-0.15, -0.1) is 0 Å². The molecule has 1 unspecified atom stereocenters. The van der Waals surface area contributed by atoms with Crippen LogP contribution in [0, 0.1) is 0 Å². The van der Waals surface area contributed by atoms with Crippen LogP contribution < -0.4 is 14.8 Å². The van der Waals surface area contributed by atoms with Gasteiger partial charge in [-0.3, -0.25) is 0 Å². The van der Waals surface area contributed by atoms with E-state index in [1.165, 1.54) is 6.42 Å². The summed E-state index contributed by atoms with van der Waals surface area (Å²) in [5.74, 6) is 1.68. The maximum Gasteiger partial charge on any atom is 0.161 e. The third-order valence-corrected chi connectivity index (χ3v) is 2.93. The van der Waals surface area contributed by atoms with Crippen LogP contribution in [0.15, 0.2) is 24.3 Å². The third kappa shape index (κ3) is 6.48. The molecule has 0 saturated heterocycles. The second-order valence-electron chi connectivity index (χ2n) is 4.73. The van der Waals surface area contributed by atoms with Crippen molar-refractivity contribution in [3.63, 3.8) is 0 Å². The summed E-state index contributed by atoms with van der Waals surface area (Å²) in [6.45, 7) is 8.89. The van der Waals surface area contributed by atoms with E-state index < -0.39 is 0 Å². The lowest BCUT2D eigenvalue weighted by molar-refractivity contribution is 0.267. The fraction of sp³-hybridized carbons (Fsp3) is 0.625. The standard InChI is InChI=1S/C16H27NO2/c1-4-12-17-14(3)9-8-13-19-16-11-7-6-10-15(16)18-5-2/h6-7,10-11,14,17H,4-5,8-9,12-13H2,1-3H3. The SMILES string of the molecule is CCCNC(C)CCCOc1ccccc1OCC. The second kappa shape index (κ2) is 9.68. The molecule has 0 aliphatic carbocycles. The highest BCUT2D eigenvalue weighted by molar-refractivity contribution is 5.39. The summed E-state index contributed by atoms with van der Waals surface area (Å²) in [6.07, 6.45) is 3.37. The summed E-state index contributed by atoms with van der Waals surface area (Å²) in [4.78, 5) is 0. The normalized spacial score (nSPS) is 12.2. The molecule has 19 heavy (non-hydrogen) atoms. The van der Waals surface area contributed by atoms with Crippen molar-refractivity contribution in [1.29, 1.82) is 0 Å². The Morgan fingerprint density at radius 2 is 1.79 bits per heavy atom. The summed E-state index contributed by atoms with van der Waals surface area (Å²) in [5.41, 5.74) is 0. The molecule has 0 aliphatic rings. The number of para-hydroxylation sites is 2. The average Bonchev–Trinajstić information content (AvgIpc) is 2.43. The van der Waals surface area contributed by atoms with Crippen LogP contribution >= 0.6 is 0 Å². The molecule has 1 N–H and O–H groups in total. The molecular formula is C16H27NO2. The smallest absolute Gasteiger partial charge is 0.161 e. The van der Waals surface area contributed by atoms with Gasteiger partial charge >= 0.3 is 0 Å². The first-order valence-electron chi connectivity index (χ1n) is 7.35. The fourth-order valence-corrected chi connectivity index (χ4v) is 1.91. The van der Waals surface area contributed by atoms with E-state index in [9.17, 15) is 0 Å². The lowest BCUT2D eigenvalue weighted by Crippen LogP contribution is -2.26. The van der Waals surface area contributed by atoms with Crippen molar-refractivity contribution in [1.82, 2.24) is 5.32 Å². The molecule has 0 saturated carbocycles. The highest BCUT2D eigenvalue weighted by atomic mass is 16.5. The van der Waals surface area contributed by atoms with Gasteiger partial charge in [0.25, 0.3) is 0 Å². The zero-order valence-corrected chi connectivity index (χ0v) is 12.4. The van der Waals surface area contributed by atoms with Crippen molar-refractivity contribution >= 4 is 0 Å². The van der Waals surface area contributed by atoms with Gasteiger partial charge in [-0.05, 0) is 51.8 Å². The molecule has 0 radical (unpaired) electrons. The van der Waals surface area contributed by atoms with E-state index in [1.807, 2.05) is 31.2 Å². The molecule has 0 amide bonds. The molecule has 3 nitrogen and oxygen atoms in total. The lowest BCUT2D eigenvalue weighted by Gasteiger charge is -2.14. The van der Waals surface area contributed by atoms with Crippen LogP contribution in [0.2, 0.25) is 0 Å². The molecule has 1 aromatic rings. The van der Waals surface area contributed by atoms with E-state index >= 15 is 0 Å². The minimum atomic E-state index is 0.561. The van der Waals surface area contributed by atoms with Gasteiger partial charge in [0.2, 0.25) is 0 Å². The predicted octanol–water partition coefficient (Wildman–Crippen LogP) is 3.63. The molecule has 0 heterocycles. The first-order chi connectivity index (χ1) is 9.27. The highest BCUT2D eigenvalue weighted by Gasteiger charge is 2.04. The van der Waals surface area contributed by atoms with Crippen molar-refractivity contribution < 1.29 is 9.47 Å². The number of nitrogens with one attached hydrogen (secondary N) is 1. The Kier molecular flexibility index (Phi) is 8.07. The summed E-state index contributed by atoms with van der Waals surface area (Å²) >= 11 is 0. The van der Waals surface area contributed by atoms with Gasteiger partial charge in [-0.2, -0.15) is 0 Å². The summed E-state index contributed by atoms with van der Waals surface area (Å²) in [5, 5.41) is 3.48. The van der Waals surface area contributed by atoms with Crippen LogP contribution in [0.4, 0.5) is 0 Å². The van der Waals surface area contributed by atoms with Gasteiger partial charge in [0.1, 0.15) is 0 Å². The maximum absolute atomic E-state index is 5.79. The third-order valence-electron chi connectivity index (χ3n) is 2.93. The summed E-state index contributed by atoms with van der Waals surface area (Å²) < 4.78 is 11.3. The molecule has 0 aliphatic heterocycles. The Balaban J connectivity index is 2.25. The van der Waals surface area contributed by atoms with E-state index in [1.54, 1.807) is 0 Å². The summed E-state index contributed by atoms with van der Waals surface area (Å²) in [7, 11) is 0. The lowest BCUT2D eigenvalue weighted by atomic mass is 10.2. The van der Waals surface area contributed by atoms with Crippen molar-refractivity contribution in [2.75, 3.05) is 19.8 Å². The molecule has 1 atom stereocenters. The Morgan fingerprint density at radius 1 is 1.11 bits per heavy atom. The number of hydrogen-bond acceptors (Lipinski definition) is 3. The summed E-state index contributed by atoms with van der Waals surface area (Å²) in [6, 6.07) is 8.41. The van der Waals surface area contributed by atoms with E-state index in [0.29, 0.717) is 12.6 Å². The Morgan fingerprint density at radius 3 is 2.42 bits per heavy atom. The molecule has 0 aromatic heterocycles. The number of benzene rings is 1. The maximum atomic E-state index is 5.79. The Hall–Kier alpha value is -1.22. The Labute approximate surface area is 117 Å². The van der Waals surface area contributed by atoms with Crippen LogP contribution in [0.25, 0.3) is 0 Å². The second-order valence-corrected chi connectivity index (χ2v) is 4.73. The minimum absolute atomic E-state index is 0.561. The van der Waals surface area contributed by atoms with Gasteiger partial charge in [0, 0.05) is 6.04 Å². The van der Waals surface area contributed by atoms with E-state index in [-0.39, 0.29) is 0 Å². The quantitative estimate of drug-likeness (QED) is 0.655. The molecule has 1 aromatic carbocycles. The van der Waals surface area contributed by atoms with Gasteiger partial charge in [-0.25, -0.2) is 0 Å². The van der Waals surface area contributed by atoms with Crippen molar-refractivity contribution in [3.05, 3.63) is 24.3 Å². The molecule has 0 spiro atoms. The van der Waals surface area contributed by atoms with Crippen LogP contribution in [-0.2, 0) is 0 Å². The predicted molar refractivity (Wildman–Crippen MR) is 80.1 cm³/mol. The van der Waals surface area contributed by atoms with Gasteiger partial charge in [-0.1, -0.05) is 19.1 Å². The largest absolute Gasteiger partial charge is 0.490 e. The van der Waals surface area contributed by atoms with Crippen molar-refractivity contribution in [2.45, 2.75) is 46.1 Å². The zero-order valence-electron chi connectivity index (χ0n) is 12.4. The molecule has 1 rings (SSSR count). The van der Waals surface area contributed by atoms with Gasteiger partial charge in [0.05, 0.1) is 13.2 Å². The van der Waals surface area contributed by atoms with Crippen LogP contribution in [0.1, 0.15) is 40.0 Å². The Bertz CT molecular complexity index is 341. The van der Waals surface area contributed by atoms with Crippen molar-refractivity contribution in [2.24, 2.45) is 0 Å². The molecule has 108 valence electrons. The van der Waals surface area contributed by atoms with E-state index in [2.05, 4.69) is 19.2 Å². The van der Waals surface area contributed by atoms with Crippen molar-refractivity contribution in [3.8, 4) is 11.5 Å². The molecular weight excluding hydrogens is 238 g/mol. The topological polar surface area (TPSA) is 30.5 Å². The zero-order chi connectivity index (χ0) is 13.9. The molecule has 0 bridgehead atoms. The first-order valence-corrected chi connectivity index (χ1v) is 7.35. The van der Waals surface area contributed by atoms with Crippen LogP contribution in [0.3, 0.4) is 0 Å². The molecule has 3 heteroatoms. The average molecular weight is 265 g/mol. The number of ether oxygens (including phenoxy) is 2. The van der Waals surface area contributed by atoms with Gasteiger partial charge in [0.15, 0.2) is 11.5 Å². The van der Waals surface area contributed by atoms with E-state index in [0.717, 1.165) is 37.5 Å².